The number of ether oxygens (including phenoxy) is 1. The van der Waals surface area contributed by atoms with Crippen LogP contribution in [0.1, 0.15) is 48.8 Å². The van der Waals surface area contributed by atoms with Crippen LogP contribution < -0.4 is 16.4 Å². The molecule has 1 saturated carbocycles. The fraction of sp³-hybridized carbons (Fsp3) is 0.560. The third-order valence-electron chi connectivity index (χ3n) is 6.95. The topological polar surface area (TPSA) is 123 Å². The van der Waals surface area contributed by atoms with Crippen LogP contribution in [0, 0.1) is 12.8 Å². The maximum atomic E-state index is 10.2. The molecular formula is C25H35N7O2. The molecule has 1 saturated heterocycles. The van der Waals surface area contributed by atoms with Crippen LogP contribution in [-0.4, -0.2) is 56.8 Å². The third kappa shape index (κ3) is 5.48. The lowest BCUT2D eigenvalue weighted by atomic mass is 10.0. The number of nitrogens with zero attached hydrogens (tertiary/aromatic N) is 4. The number of fused-ring (bicyclic) bond motifs is 1. The molecule has 1 aromatic carbocycles. The minimum Gasteiger partial charge on any atom is -0.393 e. The summed E-state index contributed by atoms with van der Waals surface area (Å²) in [6.07, 6.45) is 6.57. The van der Waals surface area contributed by atoms with Gasteiger partial charge in [-0.3, -0.25) is 4.68 Å². The van der Waals surface area contributed by atoms with Gasteiger partial charge in [0.25, 0.3) is 0 Å². The van der Waals surface area contributed by atoms with Gasteiger partial charge in [-0.15, -0.1) is 0 Å². The van der Waals surface area contributed by atoms with Crippen LogP contribution in [0.2, 0.25) is 0 Å². The number of hydrogen-bond acceptors (Lipinski definition) is 8. The normalized spacial score (nSPS) is 17.8. The van der Waals surface area contributed by atoms with Crippen molar-refractivity contribution in [1.82, 2.24) is 25.1 Å². The van der Waals surface area contributed by atoms with Crippen molar-refractivity contribution in [3.63, 3.8) is 0 Å². The summed E-state index contributed by atoms with van der Waals surface area (Å²) in [6.45, 7) is 5.95. The lowest BCUT2D eigenvalue weighted by Crippen LogP contribution is -2.34. The standard InChI is InChI=1S/C25H35N7O2/c1-16-12-17(13-28-20-7-10-34-11-8-20)2-3-19(16)15-32-23-21(14-29-32)30-25(26)31-24(23)27-9-6-22(33)18-4-5-18/h2-3,12,14,18,20,22,28,33H,4-11,13,15H2,1H3,(H3,26,27,30,31)/t22-/m0/s1. The molecule has 1 atom stereocenters. The van der Waals surface area contributed by atoms with Crippen molar-refractivity contribution in [2.75, 3.05) is 30.8 Å². The maximum Gasteiger partial charge on any atom is 0.222 e. The molecule has 3 aromatic rings. The third-order valence-corrected chi connectivity index (χ3v) is 6.95. The van der Waals surface area contributed by atoms with Crippen LogP contribution in [0.3, 0.4) is 0 Å². The van der Waals surface area contributed by atoms with Gasteiger partial charge in [0, 0.05) is 32.3 Å². The Hall–Kier alpha value is -2.75. The number of nitrogens with one attached hydrogen (secondary N) is 2. The minimum absolute atomic E-state index is 0.217. The van der Waals surface area contributed by atoms with E-state index in [9.17, 15) is 5.11 Å². The van der Waals surface area contributed by atoms with Crippen molar-refractivity contribution < 1.29 is 9.84 Å². The molecule has 0 amide bonds. The largest absolute Gasteiger partial charge is 0.393 e. The lowest BCUT2D eigenvalue weighted by molar-refractivity contribution is 0.0776. The van der Waals surface area contributed by atoms with Crippen LogP contribution >= 0.6 is 0 Å². The van der Waals surface area contributed by atoms with Gasteiger partial charge < -0.3 is 26.2 Å². The summed E-state index contributed by atoms with van der Waals surface area (Å²) in [5.74, 6) is 1.34. The average molecular weight is 466 g/mol. The molecule has 0 unspecified atom stereocenters. The van der Waals surface area contributed by atoms with E-state index in [4.69, 9.17) is 10.5 Å². The second-order valence-electron chi connectivity index (χ2n) is 9.62. The van der Waals surface area contributed by atoms with E-state index in [1.165, 1.54) is 16.7 Å². The molecule has 34 heavy (non-hydrogen) atoms. The zero-order valence-corrected chi connectivity index (χ0v) is 19.8. The molecule has 2 aliphatic rings. The summed E-state index contributed by atoms with van der Waals surface area (Å²) in [4.78, 5) is 8.80. The summed E-state index contributed by atoms with van der Waals surface area (Å²) < 4.78 is 7.37. The molecule has 0 radical (unpaired) electrons. The van der Waals surface area contributed by atoms with E-state index in [-0.39, 0.29) is 12.1 Å². The Labute approximate surface area is 200 Å². The number of hydrogen-bond donors (Lipinski definition) is 4. The number of nitrogens with two attached hydrogens (primary N) is 1. The Bertz CT molecular complexity index is 1120. The Morgan fingerprint density at radius 3 is 2.79 bits per heavy atom. The van der Waals surface area contributed by atoms with E-state index in [1.807, 2.05) is 4.68 Å². The predicted molar refractivity (Wildman–Crippen MR) is 133 cm³/mol. The molecule has 0 spiro atoms. The number of benzene rings is 1. The first-order valence-electron chi connectivity index (χ1n) is 12.4. The Kier molecular flexibility index (Phi) is 6.94. The predicted octanol–water partition coefficient (Wildman–Crippen LogP) is 2.61. The smallest absolute Gasteiger partial charge is 0.222 e. The van der Waals surface area contributed by atoms with E-state index in [0.29, 0.717) is 42.8 Å². The highest BCUT2D eigenvalue weighted by molar-refractivity contribution is 5.86. The first-order chi connectivity index (χ1) is 16.6. The molecule has 5 rings (SSSR count). The van der Waals surface area contributed by atoms with Crippen molar-refractivity contribution in [3.8, 4) is 0 Å². The van der Waals surface area contributed by atoms with Gasteiger partial charge in [-0.2, -0.15) is 10.1 Å². The van der Waals surface area contributed by atoms with E-state index >= 15 is 0 Å². The number of rotatable bonds is 10. The zero-order chi connectivity index (χ0) is 23.5. The van der Waals surface area contributed by atoms with Crippen LogP contribution in [0.4, 0.5) is 11.8 Å². The highest BCUT2D eigenvalue weighted by atomic mass is 16.5. The molecule has 0 bridgehead atoms. The van der Waals surface area contributed by atoms with E-state index in [1.54, 1.807) is 6.20 Å². The lowest BCUT2D eigenvalue weighted by Gasteiger charge is -2.23. The van der Waals surface area contributed by atoms with E-state index in [2.05, 4.69) is 50.8 Å². The first kappa shape index (κ1) is 23.0. The van der Waals surface area contributed by atoms with Gasteiger partial charge in [-0.1, -0.05) is 18.2 Å². The van der Waals surface area contributed by atoms with Crippen molar-refractivity contribution in [2.24, 2.45) is 5.92 Å². The fourth-order valence-electron chi connectivity index (χ4n) is 4.69. The quantitative estimate of drug-likeness (QED) is 0.360. The summed E-state index contributed by atoms with van der Waals surface area (Å²) in [5, 5.41) is 21.8. The van der Waals surface area contributed by atoms with Crippen molar-refractivity contribution in [3.05, 3.63) is 41.1 Å². The highest BCUT2D eigenvalue weighted by Crippen LogP contribution is 2.34. The van der Waals surface area contributed by atoms with Gasteiger partial charge in [0.15, 0.2) is 5.82 Å². The Morgan fingerprint density at radius 1 is 1.21 bits per heavy atom. The van der Waals surface area contributed by atoms with Crippen LogP contribution in [0.15, 0.2) is 24.4 Å². The summed E-state index contributed by atoms with van der Waals surface area (Å²) >= 11 is 0. The number of nitrogen functional groups attached to an aromatic ring is 1. The van der Waals surface area contributed by atoms with Gasteiger partial charge in [0.1, 0.15) is 11.0 Å². The Morgan fingerprint density at radius 2 is 2.03 bits per heavy atom. The summed E-state index contributed by atoms with van der Waals surface area (Å²) in [7, 11) is 0. The van der Waals surface area contributed by atoms with Crippen molar-refractivity contribution >= 4 is 22.8 Å². The molecule has 2 aromatic heterocycles. The molecule has 2 fully saturated rings. The minimum atomic E-state index is -0.255. The second-order valence-corrected chi connectivity index (χ2v) is 9.62. The Balaban J connectivity index is 1.28. The van der Waals surface area contributed by atoms with Gasteiger partial charge >= 0.3 is 0 Å². The molecule has 1 aliphatic heterocycles. The van der Waals surface area contributed by atoms with Gasteiger partial charge in [-0.25, -0.2) is 4.98 Å². The van der Waals surface area contributed by atoms with E-state index < -0.39 is 0 Å². The molecular weight excluding hydrogens is 430 g/mol. The fourth-order valence-corrected chi connectivity index (χ4v) is 4.69. The van der Waals surface area contributed by atoms with Crippen LogP contribution in [0.25, 0.3) is 11.0 Å². The highest BCUT2D eigenvalue weighted by Gasteiger charge is 2.29. The number of anilines is 2. The molecule has 1 aliphatic carbocycles. The van der Waals surface area contributed by atoms with Gasteiger partial charge in [-0.05, 0) is 61.6 Å². The number of aliphatic hydroxyl groups excluding tert-OH is 1. The summed E-state index contributed by atoms with van der Waals surface area (Å²) in [5.41, 5.74) is 11.2. The molecule has 182 valence electrons. The molecule has 5 N–H and O–H groups in total. The number of aliphatic hydroxyl groups is 1. The van der Waals surface area contributed by atoms with Crippen LogP contribution in [0.5, 0.6) is 0 Å². The van der Waals surface area contributed by atoms with Gasteiger partial charge in [0.2, 0.25) is 5.95 Å². The number of aryl methyl sites for hydroxylation is 1. The van der Waals surface area contributed by atoms with Crippen molar-refractivity contribution in [2.45, 2.75) is 64.3 Å². The number of aromatic nitrogens is 4. The average Bonchev–Trinajstić information content (AvgIpc) is 3.61. The molecule has 9 nitrogen and oxygen atoms in total. The molecule has 3 heterocycles. The van der Waals surface area contributed by atoms with Gasteiger partial charge in [0.05, 0.1) is 18.8 Å². The maximum absolute atomic E-state index is 10.2. The summed E-state index contributed by atoms with van der Waals surface area (Å²) in [6, 6.07) is 7.15. The van der Waals surface area contributed by atoms with Crippen molar-refractivity contribution in [1.29, 1.82) is 0 Å². The molecule has 9 heteroatoms. The second kappa shape index (κ2) is 10.2. The first-order valence-corrected chi connectivity index (χ1v) is 12.4. The SMILES string of the molecule is Cc1cc(CNC2CCOCC2)ccc1Cn1ncc2nc(N)nc(NCC[C@H](O)C3CC3)c21. The van der Waals surface area contributed by atoms with E-state index in [0.717, 1.165) is 51.0 Å². The zero-order valence-electron chi connectivity index (χ0n) is 19.8. The monoisotopic (exact) mass is 465 g/mol. The van der Waals surface area contributed by atoms with Crippen LogP contribution in [-0.2, 0) is 17.8 Å².